The van der Waals surface area contributed by atoms with Crippen molar-refractivity contribution in [2.24, 2.45) is 5.73 Å². The van der Waals surface area contributed by atoms with E-state index < -0.39 is 0 Å². The number of nitrogens with zero attached hydrogens (tertiary/aromatic N) is 1. The maximum absolute atomic E-state index is 11.3. The van der Waals surface area contributed by atoms with Gasteiger partial charge in [-0.2, -0.15) is 0 Å². The molecular formula is C11H18N2O. The van der Waals surface area contributed by atoms with Crippen LogP contribution in [0.2, 0.25) is 0 Å². The average molecular weight is 194 g/mol. The molecule has 0 spiro atoms. The van der Waals surface area contributed by atoms with Gasteiger partial charge in [-0.15, -0.1) is 0 Å². The van der Waals surface area contributed by atoms with E-state index in [1.807, 2.05) is 12.3 Å². The van der Waals surface area contributed by atoms with Crippen LogP contribution in [-0.2, 0) is 6.54 Å². The van der Waals surface area contributed by atoms with Crippen LogP contribution in [0.1, 0.15) is 26.2 Å². The SMILES string of the molecule is CCC(N)CCCn1ccccc1=O. The first kappa shape index (κ1) is 11.0. The summed E-state index contributed by atoms with van der Waals surface area (Å²) in [4.78, 5) is 11.3. The molecule has 3 heteroatoms. The lowest BCUT2D eigenvalue weighted by molar-refractivity contribution is 0.518. The summed E-state index contributed by atoms with van der Waals surface area (Å²) < 4.78 is 1.72. The summed E-state index contributed by atoms with van der Waals surface area (Å²) >= 11 is 0. The minimum atomic E-state index is 0.0672. The summed E-state index contributed by atoms with van der Waals surface area (Å²) in [5, 5.41) is 0. The number of nitrogens with two attached hydrogens (primary N) is 1. The standard InChI is InChI=1S/C11H18N2O/c1-2-10(12)6-5-9-13-8-4-3-7-11(13)14/h3-4,7-8,10H,2,5-6,9,12H2,1H3. The maximum atomic E-state index is 11.3. The van der Waals surface area contributed by atoms with Crippen LogP contribution in [0.15, 0.2) is 29.2 Å². The largest absolute Gasteiger partial charge is 0.328 e. The molecule has 0 bridgehead atoms. The molecule has 78 valence electrons. The monoisotopic (exact) mass is 194 g/mol. The number of hydrogen-bond donors (Lipinski definition) is 1. The molecule has 0 fully saturated rings. The molecule has 0 aromatic carbocycles. The lowest BCUT2D eigenvalue weighted by atomic mass is 10.1. The lowest BCUT2D eigenvalue weighted by Crippen LogP contribution is -2.21. The second kappa shape index (κ2) is 5.60. The van der Waals surface area contributed by atoms with Crippen molar-refractivity contribution in [2.45, 2.75) is 38.8 Å². The topological polar surface area (TPSA) is 48.0 Å². The quantitative estimate of drug-likeness (QED) is 0.769. The Hall–Kier alpha value is -1.09. The Labute approximate surface area is 84.6 Å². The normalized spacial score (nSPS) is 12.7. The predicted molar refractivity (Wildman–Crippen MR) is 58.2 cm³/mol. The first-order valence-corrected chi connectivity index (χ1v) is 5.15. The van der Waals surface area contributed by atoms with Crippen LogP contribution in [-0.4, -0.2) is 10.6 Å². The van der Waals surface area contributed by atoms with Crippen molar-refractivity contribution in [1.82, 2.24) is 4.57 Å². The Balaban J connectivity index is 2.39. The van der Waals surface area contributed by atoms with Gasteiger partial charge in [-0.05, 0) is 25.3 Å². The third kappa shape index (κ3) is 3.34. The van der Waals surface area contributed by atoms with E-state index in [0.717, 1.165) is 25.8 Å². The molecule has 0 saturated carbocycles. The zero-order valence-corrected chi connectivity index (χ0v) is 8.65. The van der Waals surface area contributed by atoms with Crippen LogP contribution < -0.4 is 11.3 Å². The smallest absolute Gasteiger partial charge is 0.250 e. The predicted octanol–water partition coefficient (Wildman–Crippen LogP) is 1.37. The number of rotatable bonds is 5. The Bertz CT molecular complexity index is 319. The van der Waals surface area contributed by atoms with Gasteiger partial charge in [0.05, 0.1) is 0 Å². The summed E-state index contributed by atoms with van der Waals surface area (Å²) in [6, 6.07) is 5.49. The molecule has 14 heavy (non-hydrogen) atoms. The summed E-state index contributed by atoms with van der Waals surface area (Å²) in [6.45, 7) is 2.85. The van der Waals surface area contributed by atoms with Gasteiger partial charge in [0.1, 0.15) is 0 Å². The highest BCUT2D eigenvalue weighted by molar-refractivity contribution is 4.92. The van der Waals surface area contributed by atoms with Crippen LogP contribution in [0.3, 0.4) is 0 Å². The molecule has 0 aliphatic rings. The highest BCUT2D eigenvalue weighted by Crippen LogP contribution is 1.99. The number of hydrogen-bond acceptors (Lipinski definition) is 2. The first-order chi connectivity index (χ1) is 6.74. The van der Waals surface area contributed by atoms with E-state index in [2.05, 4.69) is 6.92 Å². The van der Waals surface area contributed by atoms with Gasteiger partial charge < -0.3 is 10.3 Å². The molecule has 0 aliphatic heterocycles. The van der Waals surface area contributed by atoms with E-state index >= 15 is 0 Å². The van der Waals surface area contributed by atoms with E-state index in [9.17, 15) is 4.79 Å². The van der Waals surface area contributed by atoms with Crippen molar-refractivity contribution in [2.75, 3.05) is 0 Å². The fraction of sp³-hybridized carbons (Fsp3) is 0.545. The van der Waals surface area contributed by atoms with Crippen LogP contribution in [0, 0.1) is 0 Å². The number of pyridine rings is 1. The van der Waals surface area contributed by atoms with E-state index in [0.29, 0.717) is 0 Å². The van der Waals surface area contributed by atoms with Crippen LogP contribution in [0.4, 0.5) is 0 Å². The second-order valence-corrected chi connectivity index (χ2v) is 3.54. The lowest BCUT2D eigenvalue weighted by Gasteiger charge is -2.09. The molecule has 1 heterocycles. The summed E-state index contributed by atoms with van der Waals surface area (Å²) in [6.07, 6.45) is 4.78. The summed E-state index contributed by atoms with van der Waals surface area (Å²) in [7, 11) is 0. The van der Waals surface area contributed by atoms with Crippen LogP contribution >= 0.6 is 0 Å². The zero-order chi connectivity index (χ0) is 10.4. The minimum Gasteiger partial charge on any atom is -0.328 e. The molecule has 1 rings (SSSR count). The van der Waals surface area contributed by atoms with Crippen molar-refractivity contribution < 1.29 is 0 Å². The molecule has 1 atom stereocenters. The van der Waals surface area contributed by atoms with Crippen LogP contribution in [0.5, 0.6) is 0 Å². The van der Waals surface area contributed by atoms with E-state index in [1.165, 1.54) is 0 Å². The van der Waals surface area contributed by atoms with Gasteiger partial charge in [0.25, 0.3) is 0 Å². The van der Waals surface area contributed by atoms with Crippen molar-refractivity contribution in [3.63, 3.8) is 0 Å². The Morgan fingerprint density at radius 3 is 2.93 bits per heavy atom. The van der Waals surface area contributed by atoms with Gasteiger partial charge in [0.2, 0.25) is 5.56 Å². The van der Waals surface area contributed by atoms with Gasteiger partial charge in [0, 0.05) is 24.8 Å². The molecule has 2 N–H and O–H groups in total. The first-order valence-electron chi connectivity index (χ1n) is 5.15. The van der Waals surface area contributed by atoms with Gasteiger partial charge in [-0.3, -0.25) is 4.79 Å². The Morgan fingerprint density at radius 1 is 1.50 bits per heavy atom. The van der Waals surface area contributed by atoms with Gasteiger partial charge in [0.15, 0.2) is 0 Å². The minimum absolute atomic E-state index is 0.0672. The fourth-order valence-electron chi connectivity index (χ4n) is 1.37. The molecule has 0 radical (unpaired) electrons. The Kier molecular flexibility index (Phi) is 4.40. The maximum Gasteiger partial charge on any atom is 0.250 e. The van der Waals surface area contributed by atoms with Crippen molar-refractivity contribution >= 4 is 0 Å². The third-order valence-electron chi connectivity index (χ3n) is 2.40. The number of aryl methyl sites for hydroxylation is 1. The highest BCUT2D eigenvalue weighted by Gasteiger charge is 1.99. The molecule has 0 aliphatic carbocycles. The molecule has 1 aromatic heterocycles. The molecule has 0 amide bonds. The average Bonchev–Trinajstić information content (AvgIpc) is 2.20. The molecule has 1 aromatic rings. The van der Waals surface area contributed by atoms with E-state index in [-0.39, 0.29) is 11.6 Å². The fourth-order valence-corrected chi connectivity index (χ4v) is 1.37. The van der Waals surface area contributed by atoms with E-state index in [1.54, 1.807) is 16.7 Å². The molecule has 3 nitrogen and oxygen atoms in total. The van der Waals surface area contributed by atoms with Gasteiger partial charge >= 0.3 is 0 Å². The van der Waals surface area contributed by atoms with Crippen LogP contribution in [0.25, 0.3) is 0 Å². The summed E-state index contributed by atoms with van der Waals surface area (Å²) in [5.41, 5.74) is 5.85. The molecular weight excluding hydrogens is 176 g/mol. The van der Waals surface area contributed by atoms with Crippen molar-refractivity contribution in [3.05, 3.63) is 34.7 Å². The van der Waals surface area contributed by atoms with Gasteiger partial charge in [-0.1, -0.05) is 13.0 Å². The second-order valence-electron chi connectivity index (χ2n) is 3.54. The molecule has 0 saturated heterocycles. The highest BCUT2D eigenvalue weighted by atomic mass is 16.1. The Morgan fingerprint density at radius 2 is 2.29 bits per heavy atom. The summed E-state index contributed by atoms with van der Waals surface area (Å²) in [5.74, 6) is 0. The zero-order valence-electron chi connectivity index (χ0n) is 8.65. The van der Waals surface area contributed by atoms with Gasteiger partial charge in [-0.25, -0.2) is 0 Å². The van der Waals surface area contributed by atoms with Crippen molar-refractivity contribution in [3.8, 4) is 0 Å². The number of aromatic nitrogens is 1. The third-order valence-corrected chi connectivity index (χ3v) is 2.40. The van der Waals surface area contributed by atoms with Crippen molar-refractivity contribution in [1.29, 1.82) is 0 Å². The van der Waals surface area contributed by atoms with E-state index in [4.69, 9.17) is 5.73 Å². The molecule has 1 unspecified atom stereocenters.